The highest BCUT2D eigenvalue weighted by Crippen LogP contribution is 2.32. The molecule has 0 aliphatic heterocycles. The summed E-state index contributed by atoms with van der Waals surface area (Å²) < 4.78 is 71.2. The van der Waals surface area contributed by atoms with Crippen LogP contribution in [0.5, 0.6) is 5.75 Å². The van der Waals surface area contributed by atoms with Gasteiger partial charge in [0.05, 0.1) is 15.5 Å². The maximum atomic E-state index is 12.9. The minimum atomic E-state index is -4.63. The van der Waals surface area contributed by atoms with E-state index in [2.05, 4.69) is 10.0 Å². The minimum Gasteiger partial charge on any atom is -0.482 e. The summed E-state index contributed by atoms with van der Waals surface area (Å²) in [6.45, 7) is -0.288. The summed E-state index contributed by atoms with van der Waals surface area (Å²) in [5.74, 6) is -0.459. The summed E-state index contributed by atoms with van der Waals surface area (Å²) in [7, 11) is -4.25. The van der Waals surface area contributed by atoms with E-state index >= 15 is 0 Å². The Morgan fingerprint density at radius 2 is 1.69 bits per heavy atom. The van der Waals surface area contributed by atoms with E-state index < -0.39 is 34.3 Å². The number of hydrogen-bond acceptors (Lipinski definition) is 4. The van der Waals surface area contributed by atoms with E-state index in [0.717, 1.165) is 24.3 Å². The molecule has 2 N–H and O–H groups in total. The molecule has 0 saturated heterocycles. The molecule has 0 radical (unpaired) electrons. The van der Waals surface area contributed by atoms with E-state index in [1.807, 2.05) is 0 Å². The van der Waals surface area contributed by atoms with Crippen molar-refractivity contribution in [2.45, 2.75) is 17.6 Å². The lowest BCUT2D eigenvalue weighted by Gasteiger charge is -2.13. The molecule has 0 spiro atoms. The Kier molecular flexibility index (Phi) is 8.42. The molecule has 3 rings (SSSR count). The molecule has 3 aromatic rings. The molecular formula is C22H16Cl3F3N2O4S. The van der Waals surface area contributed by atoms with Crippen molar-refractivity contribution in [1.29, 1.82) is 0 Å². The number of nitrogens with one attached hydrogen (secondary N) is 2. The first-order valence-electron chi connectivity index (χ1n) is 9.68. The highest BCUT2D eigenvalue weighted by Gasteiger charge is 2.30. The number of alkyl halides is 3. The standard InChI is InChI=1S/C22H16Cl3F3N2O4S/c23-15-5-4-13(18(24)9-15)11-29-21(31)12-34-20-7-6-17(10-19(20)25)35(32,33)30-16-3-1-2-14(8-16)22(26,27)28/h1-10,30H,11-12H2,(H,29,31). The summed E-state index contributed by atoms with van der Waals surface area (Å²) >= 11 is 18.0. The molecule has 0 aliphatic rings. The number of benzene rings is 3. The van der Waals surface area contributed by atoms with E-state index in [0.29, 0.717) is 21.7 Å². The third kappa shape index (κ3) is 7.41. The monoisotopic (exact) mass is 566 g/mol. The van der Waals surface area contributed by atoms with Gasteiger partial charge in [-0.25, -0.2) is 8.42 Å². The fourth-order valence-electron chi connectivity index (χ4n) is 2.79. The fourth-order valence-corrected chi connectivity index (χ4v) is 4.64. The van der Waals surface area contributed by atoms with Crippen molar-refractivity contribution in [3.8, 4) is 5.75 Å². The molecule has 0 saturated carbocycles. The highest BCUT2D eigenvalue weighted by atomic mass is 35.5. The number of rotatable bonds is 8. The van der Waals surface area contributed by atoms with Crippen LogP contribution < -0.4 is 14.8 Å². The van der Waals surface area contributed by atoms with Gasteiger partial charge < -0.3 is 10.1 Å². The topological polar surface area (TPSA) is 84.5 Å². The minimum absolute atomic E-state index is 0.0318. The molecule has 0 aromatic heterocycles. The lowest BCUT2D eigenvalue weighted by molar-refractivity contribution is -0.137. The maximum absolute atomic E-state index is 12.9. The van der Waals surface area contributed by atoms with Gasteiger partial charge in [0, 0.05) is 22.3 Å². The Morgan fingerprint density at radius 1 is 0.943 bits per heavy atom. The van der Waals surface area contributed by atoms with Crippen molar-refractivity contribution >= 4 is 56.4 Å². The largest absolute Gasteiger partial charge is 0.482 e. The Hall–Kier alpha value is -2.66. The van der Waals surface area contributed by atoms with Crippen molar-refractivity contribution in [1.82, 2.24) is 5.32 Å². The molecule has 0 unspecified atom stereocenters. The zero-order valence-electron chi connectivity index (χ0n) is 17.5. The molecule has 35 heavy (non-hydrogen) atoms. The van der Waals surface area contributed by atoms with Gasteiger partial charge in [0.25, 0.3) is 15.9 Å². The van der Waals surface area contributed by atoms with E-state index in [9.17, 15) is 26.4 Å². The lowest BCUT2D eigenvalue weighted by atomic mass is 10.2. The summed E-state index contributed by atoms with van der Waals surface area (Å²) in [5.41, 5.74) is -0.630. The van der Waals surface area contributed by atoms with Gasteiger partial charge in [-0.2, -0.15) is 13.2 Å². The van der Waals surface area contributed by atoms with Crippen molar-refractivity contribution < 1.29 is 31.1 Å². The lowest BCUT2D eigenvalue weighted by Crippen LogP contribution is -2.28. The predicted molar refractivity (Wildman–Crippen MR) is 128 cm³/mol. The summed E-state index contributed by atoms with van der Waals surface area (Å²) in [5, 5.41) is 3.33. The first-order valence-corrected chi connectivity index (χ1v) is 12.3. The Labute approximate surface area is 214 Å². The first-order chi connectivity index (χ1) is 16.3. The third-order valence-corrected chi connectivity index (χ3v) is 6.77. The number of halogens is 6. The van der Waals surface area contributed by atoms with Crippen molar-refractivity contribution in [3.63, 3.8) is 0 Å². The van der Waals surface area contributed by atoms with Crippen molar-refractivity contribution in [2.75, 3.05) is 11.3 Å². The van der Waals surface area contributed by atoms with Gasteiger partial charge >= 0.3 is 6.18 Å². The molecule has 0 fully saturated rings. The van der Waals surface area contributed by atoms with Crippen molar-refractivity contribution in [3.05, 3.63) is 86.9 Å². The number of ether oxygens (including phenoxy) is 1. The Morgan fingerprint density at radius 3 is 2.34 bits per heavy atom. The van der Waals surface area contributed by atoms with Gasteiger partial charge in [-0.3, -0.25) is 9.52 Å². The average Bonchev–Trinajstić information content (AvgIpc) is 2.77. The molecule has 0 bridgehead atoms. The van der Waals surface area contributed by atoms with Gasteiger partial charge in [0.1, 0.15) is 5.75 Å². The van der Waals surface area contributed by atoms with Crippen LogP contribution in [0.4, 0.5) is 18.9 Å². The molecule has 3 aromatic carbocycles. The van der Waals surface area contributed by atoms with Crippen LogP contribution in [0.3, 0.4) is 0 Å². The smallest absolute Gasteiger partial charge is 0.416 e. The average molecular weight is 568 g/mol. The second-order valence-corrected chi connectivity index (χ2v) is 10.0. The number of hydrogen-bond donors (Lipinski definition) is 2. The SMILES string of the molecule is O=C(COc1ccc(S(=O)(=O)Nc2cccc(C(F)(F)F)c2)cc1Cl)NCc1ccc(Cl)cc1Cl. The molecule has 0 aliphatic carbocycles. The van der Waals surface area contributed by atoms with E-state index in [1.54, 1.807) is 18.2 Å². The predicted octanol–water partition coefficient (Wildman–Crippen LogP) is 6.16. The number of sulfonamides is 1. The molecule has 1 amide bonds. The Balaban J connectivity index is 1.62. The third-order valence-electron chi connectivity index (χ3n) is 4.51. The maximum Gasteiger partial charge on any atom is 0.416 e. The first kappa shape index (κ1) is 26.9. The number of carbonyl (C=O) groups is 1. The van der Waals surface area contributed by atoms with Crippen LogP contribution in [0.1, 0.15) is 11.1 Å². The van der Waals surface area contributed by atoms with Gasteiger partial charge in [-0.05, 0) is 54.1 Å². The number of anilines is 1. The molecule has 13 heteroatoms. The van der Waals surface area contributed by atoms with Crippen molar-refractivity contribution in [2.24, 2.45) is 0 Å². The second kappa shape index (κ2) is 10.9. The number of carbonyl (C=O) groups excluding carboxylic acids is 1. The molecule has 0 atom stereocenters. The zero-order chi connectivity index (χ0) is 25.8. The molecule has 6 nitrogen and oxygen atoms in total. The fraction of sp³-hybridized carbons (Fsp3) is 0.136. The summed E-state index contributed by atoms with van der Waals surface area (Å²) in [6.07, 6.45) is -4.63. The molecular weight excluding hydrogens is 552 g/mol. The van der Waals surface area contributed by atoms with Gasteiger partial charge in [-0.15, -0.1) is 0 Å². The summed E-state index contributed by atoms with van der Waals surface area (Å²) in [6, 6.07) is 12.0. The van der Waals surface area contributed by atoms with Crippen LogP contribution in [0, 0.1) is 0 Å². The summed E-state index contributed by atoms with van der Waals surface area (Å²) in [4.78, 5) is 11.8. The van der Waals surface area contributed by atoms with Crippen LogP contribution in [-0.4, -0.2) is 20.9 Å². The quantitative estimate of drug-likeness (QED) is 0.341. The normalized spacial score (nSPS) is 11.7. The number of amides is 1. The van der Waals surface area contributed by atoms with Crippen LogP contribution in [0.15, 0.2) is 65.6 Å². The van der Waals surface area contributed by atoms with Gasteiger partial charge in [0.15, 0.2) is 6.61 Å². The second-order valence-electron chi connectivity index (χ2n) is 7.08. The van der Waals surface area contributed by atoms with E-state index in [-0.39, 0.29) is 27.9 Å². The van der Waals surface area contributed by atoms with E-state index in [1.165, 1.54) is 12.1 Å². The highest BCUT2D eigenvalue weighted by molar-refractivity contribution is 7.92. The van der Waals surface area contributed by atoms with Crippen LogP contribution >= 0.6 is 34.8 Å². The van der Waals surface area contributed by atoms with E-state index in [4.69, 9.17) is 39.5 Å². The zero-order valence-corrected chi connectivity index (χ0v) is 20.6. The van der Waals surface area contributed by atoms with Crippen LogP contribution in [-0.2, 0) is 27.5 Å². The van der Waals surface area contributed by atoms with Crippen LogP contribution in [0.25, 0.3) is 0 Å². The molecule has 186 valence electrons. The van der Waals surface area contributed by atoms with Crippen LogP contribution in [0.2, 0.25) is 15.1 Å². The Bertz CT molecular complexity index is 1350. The van der Waals surface area contributed by atoms with Gasteiger partial charge in [-0.1, -0.05) is 46.9 Å². The molecule has 0 heterocycles. The van der Waals surface area contributed by atoms with Gasteiger partial charge in [0.2, 0.25) is 0 Å².